The molecule has 0 bridgehead atoms. The van der Waals surface area contributed by atoms with E-state index >= 15 is 0 Å². The summed E-state index contributed by atoms with van der Waals surface area (Å²) in [5.41, 5.74) is 0. The van der Waals surface area contributed by atoms with Gasteiger partial charge in [0.05, 0.1) is 0 Å². The minimum atomic E-state index is 0.824. The quantitative estimate of drug-likeness (QED) is 0.663. The summed E-state index contributed by atoms with van der Waals surface area (Å²) in [4.78, 5) is 0. The van der Waals surface area contributed by atoms with Gasteiger partial charge in [-0.1, -0.05) is 6.92 Å². The summed E-state index contributed by atoms with van der Waals surface area (Å²) in [6.07, 6.45) is 2.56. The van der Waals surface area contributed by atoms with Crippen molar-refractivity contribution in [3.8, 4) is 0 Å². The fourth-order valence-electron chi connectivity index (χ4n) is 1.70. The highest BCUT2D eigenvalue weighted by Crippen LogP contribution is 2.21. The maximum Gasteiger partial charge on any atom is 0.0464 e. The van der Waals surface area contributed by atoms with Crippen LogP contribution in [0.1, 0.15) is 19.8 Å². The third kappa shape index (κ3) is 2.80. The zero-order chi connectivity index (χ0) is 8.10. The first-order valence-electron chi connectivity index (χ1n) is 4.54. The van der Waals surface area contributed by atoms with Crippen LogP contribution in [0.4, 0.5) is 0 Å². The maximum absolute atomic E-state index is 5.05. The van der Waals surface area contributed by atoms with Gasteiger partial charge in [0.2, 0.25) is 0 Å². The Morgan fingerprint density at radius 3 is 3.00 bits per heavy atom. The van der Waals surface area contributed by atoms with Crippen molar-refractivity contribution in [1.29, 1.82) is 0 Å². The fourth-order valence-corrected chi connectivity index (χ4v) is 1.70. The highest BCUT2D eigenvalue weighted by atomic mass is 16.5. The van der Waals surface area contributed by atoms with Crippen LogP contribution in [0.15, 0.2) is 0 Å². The Morgan fingerprint density at radius 1 is 1.64 bits per heavy atom. The summed E-state index contributed by atoms with van der Waals surface area (Å²) in [5, 5.41) is 3.39. The van der Waals surface area contributed by atoms with Gasteiger partial charge in [-0.3, -0.25) is 0 Å². The van der Waals surface area contributed by atoms with E-state index in [1.54, 1.807) is 7.11 Å². The van der Waals surface area contributed by atoms with Gasteiger partial charge in [-0.05, 0) is 37.8 Å². The first kappa shape index (κ1) is 9.01. The minimum Gasteiger partial charge on any atom is -0.385 e. The van der Waals surface area contributed by atoms with Crippen LogP contribution in [-0.4, -0.2) is 26.8 Å². The molecule has 1 rings (SSSR count). The van der Waals surface area contributed by atoms with E-state index in [1.807, 2.05) is 0 Å². The van der Waals surface area contributed by atoms with Crippen molar-refractivity contribution >= 4 is 0 Å². The Balaban J connectivity index is 2.12. The maximum atomic E-state index is 5.05. The molecule has 2 unspecified atom stereocenters. The Bertz CT molecular complexity index is 99.7. The van der Waals surface area contributed by atoms with E-state index in [1.165, 1.54) is 25.9 Å². The second kappa shape index (κ2) is 4.73. The molecule has 0 aromatic rings. The molecule has 2 atom stereocenters. The number of hydrogen-bond acceptors (Lipinski definition) is 2. The first-order valence-corrected chi connectivity index (χ1v) is 4.54. The SMILES string of the molecule is COCCC(C)C1CCNC1. The van der Waals surface area contributed by atoms with Gasteiger partial charge in [0.25, 0.3) is 0 Å². The summed E-state index contributed by atoms with van der Waals surface area (Å²) in [7, 11) is 1.78. The van der Waals surface area contributed by atoms with Crippen LogP contribution in [0.3, 0.4) is 0 Å². The van der Waals surface area contributed by atoms with Gasteiger partial charge in [0, 0.05) is 13.7 Å². The number of nitrogens with one attached hydrogen (secondary N) is 1. The predicted molar refractivity (Wildman–Crippen MR) is 46.6 cm³/mol. The van der Waals surface area contributed by atoms with Crippen LogP contribution in [0.25, 0.3) is 0 Å². The largest absolute Gasteiger partial charge is 0.385 e. The molecule has 66 valence electrons. The van der Waals surface area contributed by atoms with Gasteiger partial charge in [-0.15, -0.1) is 0 Å². The number of methoxy groups -OCH3 is 1. The van der Waals surface area contributed by atoms with Crippen LogP contribution in [-0.2, 0) is 4.74 Å². The minimum absolute atomic E-state index is 0.824. The van der Waals surface area contributed by atoms with Crippen LogP contribution in [0.5, 0.6) is 0 Å². The van der Waals surface area contributed by atoms with Crippen molar-refractivity contribution in [2.24, 2.45) is 11.8 Å². The zero-order valence-corrected chi connectivity index (χ0v) is 7.60. The van der Waals surface area contributed by atoms with Gasteiger partial charge in [-0.25, -0.2) is 0 Å². The van der Waals surface area contributed by atoms with Crippen molar-refractivity contribution in [2.45, 2.75) is 19.8 Å². The van der Waals surface area contributed by atoms with E-state index in [-0.39, 0.29) is 0 Å². The lowest BCUT2D eigenvalue weighted by Crippen LogP contribution is -2.16. The lowest BCUT2D eigenvalue weighted by Gasteiger charge is -2.16. The summed E-state index contributed by atoms with van der Waals surface area (Å²) >= 11 is 0. The molecule has 1 aliphatic heterocycles. The van der Waals surface area contributed by atoms with Crippen LogP contribution >= 0.6 is 0 Å². The Hall–Kier alpha value is -0.0800. The van der Waals surface area contributed by atoms with E-state index in [9.17, 15) is 0 Å². The molecule has 2 nitrogen and oxygen atoms in total. The van der Waals surface area contributed by atoms with Crippen molar-refractivity contribution in [3.63, 3.8) is 0 Å². The van der Waals surface area contributed by atoms with Gasteiger partial charge in [0.1, 0.15) is 0 Å². The number of rotatable bonds is 4. The van der Waals surface area contributed by atoms with Crippen LogP contribution < -0.4 is 5.32 Å². The average Bonchev–Trinajstić information content (AvgIpc) is 2.52. The van der Waals surface area contributed by atoms with Gasteiger partial charge in [-0.2, -0.15) is 0 Å². The van der Waals surface area contributed by atoms with E-state index in [2.05, 4.69) is 12.2 Å². The molecule has 0 aromatic carbocycles. The molecular formula is C9H19NO. The molecule has 0 radical (unpaired) electrons. The predicted octanol–water partition coefficient (Wildman–Crippen LogP) is 1.27. The molecule has 0 spiro atoms. The van der Waals surface area contributed by atoms with Gasteiger partial charge in [0.15, 0.2) is 0 Å². The van der Waals surface area contributed by atoms with Gasteiger partial charge >= 0.3 is 0 Å². The van der Waals surface area contributed by atoms with E-state index in [4.69, 9.17) is 4.74 Å². The van der Waals surface area contributed by atoms with Crippen LogP contribution in [0.2, 0.25) is 0 Å². The van der Waals surface area contributed by atoms with Crippen LogP contribution in [0, 0.1) is 11.8 Å². The molecule has 1 fully saturated rings. The third-order valence-electron chi connectivity index (χ3n) is 2.68. The second-order valence-corrected chi connectivity index (χ2v) is 3.51. The summed E-state index contributed by atoms with van der Waals surface area (Å²) in [5.74, 6) is 1.72. The van der Waals surface area contributed by atoms with Crippen molar-refractivity contribution in [1.82, 2.24) is 5.32 Å². The monoisotopic (exact) mass is 157 g/mol. The Morgan fingerprint density at radius 2 is 2.45 bits per heavy atom. The highest BCUT2D eigenvalue weighted by molar-refractivity contribution is 4.75. The molecule has 0 aromatic heterocycles. The molecular weight excluding hydrogens is 138 g/mol. The standard InChI is InChI=1S/C9H19NO/c1-8(4-6-11-2)9-3-5-10-7-9/h8-10H,3-7H2,1-2H3. The second-order valence-electron chi connectivity index (χ2n) is 3.51. The van der Waals surface area contributed by atoms with Gasteiger partial charge < -0.3 is 10.1 Å². The lowest BCUT2D eigenvalue weighted by molar-refractivity contribution is 0.167. The Kier molecular flexibility index (Phi) is 3.87. The molecule has 0 saturated carbocycles. The summed E-state index contributed by atoms with van der Waals surface area (Å²) in [6, 6.07) is 0. The van der Waals surface area contributed by atoms with Crippen molar-refractivity contribution < 1.29 is 4.74 Å². The number of hydrogen-bond donors (Lipinski definition) is 1. The summed E-state index contributed by atoms with van der Waals surface area (Å²) < 4.78 is 5.05. The highest BCUT2D eigenvalue weighted by Gasteiger charge is 2.20. The fraction of sp³-hybridized carbons (Fsp3) is 1.00. The molecule has 0 aliphatic carbocycles. The first-order chi connectivity index (χ1) is 5.34. The third-order valence-corrected chi connectivity index (χ3v) is 2.68. The summed E-state index contributed by atoms with van der Waals surface area (Å²) in [6.45, 7) is 5.67. The van der Waals surface area contributed by atoms with Crippen molar-refractivity contribution in [2.75, 3.05) is 26.8 Å². The number of ether oxygens (including phenoxy) is 1. The normalized spacial score (nSPS) is 27.3. The zero-order valence-electron chi connectivity index (χ0n) is 7.60. The molecule has 1 heterocycles. The van der Waals surface area contributed by atoms with E-state index < -0.39 is 0 Å². The molecule has 0 amide bonds. The van der Waals surface area contributed by atoms with E-state index in [0.29, 0.717) is 0 Å². The molecule has 1 saturated heterocycles. The average molecular weight is 157 g/mol. The molecule has 1 aliphatic rings. The van der Waals surface area contributed by atoms with E-state index in [0.717, 1.165) is 18.4 Å². The van der Waals surface area contributed by atoms with Crippen molar-refractivity contribution in [3.05, 3.63) is 0 Å². The topological polar surface area (TPSA) is 21.3 Å². The molecule has 11 heavy (non-hydrogen) atoms. The molecule has 1 N–H and O–H groups in total. The molecule has 2 heteroatoms. The smallest absolute Gasteiger partial charge is 0.0464 e. The Labute approximate surface area is 69.3 Å². The lowest BCUT2D eigenvalue weighted by atomic mass is 9.91.